The first-order valence-corrected chi connectivity index (χ1v) is 6.36. The molecule has 18 heavy (non-hydrogen) atoms. The maximum Gasteiger partial charge on any atom is 0.257 e. The van der Waals surface area contributed by atoms with Crippen molar-refractivity contribution in [2.24, 2.45) is 0 Å². The number of methoxy groups -OCH3 is 1. The number of aryl methyl sites for hydroxylation is 2. The third-order valence-corrected chi connectivity index (χ3v) is 3.39. The number of amides is 1. The molecule has 1 aromatic carbocycles. The lowest BCUT2D eigenvalue weighted by Gasteiger charge is -2.07. The topological polar surface area (TPSA) is 51.2 Å². The smallest absolute Gasteiger partial charge is 0.257 e. The van der Waals surface area contributed by atoms with Gasteiger partial charge in [0.2, 0.25) is 0 Å². The lowest BCUT2D eigenvalue weighted by atomic mass is 10.1. The zero-order chi connectivity index (χ0) is 13.1. The van der Waals surface area contributed by atoms with Gasteiger partial charge in [0.05, 0.1) is 12.8 Å². The first-order chi connectivity index (χ1) is 8.60. The first kappa shape index (κ1) is 12.6. The van der Waals surface area contributed by atoms with Crippen LogP contribution in [0.4, 0.5) is 5.13 Å². The van der Waals surface area contributed by atoms with Crippen LogP contribution >= 0.6 is 11.3 Å². The molecule has 2 rings (SSSR count). The minimum absolute atomic E-state index is 0.178. The van der Waals surface area contributed by atoms with Gasteiger partial charge in [-0.2, -0.15) is 0 Å². The van der Waals surface area contributed by atoms with E-state index < -0.39 is 0 Å². The summed E-state index contributed by atoms with van der Waals surface area (Å²) < 4.78 is 5.20. The third kappa shape index (κ3) is 2.68. The maximum absolute atomic E-state index is 12.0. The second kappa shape index (κ2) is 5.18. The molecule has 0 saturated heterocycles. The quantitative estimate of drug-likeness (QED) is 0.925. The number of hydrogen-bond acceptors (Lipinski definition) is 4. The normalized spacial score (nSPS) is 10.2. The second-order valence-corrected chi connectivity index (χ2v) is 4.79. The Kier molecular flexibility index (Phi) is 3.62. The number of ether oxygens (including phenoxy) is 1. The van der Waals surface area contributed by atoms with Gasteiger partial charge < -0.3 is 4.74 Å². The number of aromatic nitrogens is 1. The highest BCUT2D eigenvalue weighted by atomic mass is 32.1. The first-order valence-electron chi connectivity index (χ1n) is 5.48. The minimum atomic E-state index is -0.178. The lowest BCUT2D eigenvalue weighted by Crippen LogP contribution is -2.12. The van der Waals surface area contributed by atoms with Gasteiger partial charge in [0.1, 0.15) is 5.75 Å². The Morgan fingerprint density at radius 2 is 2.17 bits per heavy atom. The maximum atomic E-state index is 12.0. The number of rotatable bonds is 3. The van der Waals surface area contributed by atoms with Crippen LogP contribution in [0.3, 0.4) is 0 Å². The molecule has 0 spiro atoms. The average Bonchev–Trinajstić information content (AvgIpc) is 2.75. The van der Waals surface area contributed by atoms with E-state index in [0.29, 0.717) is 16.4 Å². The average molecular weight is 262 g/mol. The van der Waals surface area contributed by atoms with Crippen LogP contribution in [0, 0.1) is 13.8 Å². The second-order valence-electron chi connectivity index (χ2n) is 3.93. The zero-order valence-corrected chi connectivity index (χ0v) is 11.3. The Morgan fingerprint density at radius 3 is 2.78 bits per heavy atom. The highest BCUT2D eigenvalue weighted by Gasteiger charge is 2.10. The monoisotopic (exact) mass is 262 g/mol. The Hall–Kier alpha value is -1.88. The Morgan fingerprint density at radius 1 is 1.39 bits per heavy atom. The summed E-state index contributed by atoms with van der Waals surface area (Å²) in [6.45, 7) is 3.83. The molecule has 4 nitrogen and oxygen atoms in total. The molecule has 0 aliphatic rings. The number of anilines is 1. The molecule has 1 N–H and O–H groups in total. The van der Waals surface area contributed by atoms with E-state index in [4.69, 9.17) is 4.74 Å². The van der Waals surface area contributed by atoms with E-state index in [9.17, 15) is 4.79 Å². The fourth-order valence-electron chi connectivity index (χ4n) is 1.54. The van der Waals surface area contributed by atoms with Crippen molar-refractivity contribution < 1.29 is 9.53 Å². The molecule has 0 unspecified atom stereocenters. The molecule has 0 fully saturated rings. The number of hydrogen-bond donors (Lipinski definition) is 1. The summed E-state index contributed by atoms with van der Waals surface area (Å²) in [5.74, 6) is 0.528. The zero-order valence-electron chi connectivity index (χ0n) is 10.5. The van der Waals surface area contributed by atoms with Crippen molar-refractivity contribution in [1.29, 1.82) is 0 Å². The molecular formula is C13H14N2O2S. The number of nitrogens with one attached hydrogen (secondary N) is 1. The summed E-state index contributed by atoms with van der Waals surface area (Å²) in [5, 5.41) is 5.27. The van der Waals surface area contributed by atoms with Gasteiger partial charge in [-0.05, 0) is 31.5 Å². The van der Waals surface area contributed by atoms with Crippen molar-refractivity contribution in [3.05, 3.63) is 40.4 Å². The van der Waals surface area contributed by atoms with Crippen molar-refractivity contribution in [3.63, 3.8) is 0 Å². The van der Waals surface area contributed by atoms with Gasteiger partial charge in [-0.3, -0.25) is 10.1 Å². The summed E-state index contributed by atoms with van der Waals surface area (Å²) in [6, 6.07) is 5.36. The third-order valence-electron chi connectivity index (χ3n) is 2.51. The van der Waals surface area contributed by atoms with Crippen LogP contribution in [0.15, 0.2) is 23.6 Å². The van der Waals surface area contributed by atoms with Gasteiger partial charge in [-0.25, -0.2) is 4.98 Å². The number of nitrogens with zero attached hydrogens (tertiary/aromatic N) is 1. The van der Waals surface area contributed by atoms with E-state index in [1.54, 1.807) is 19.2 Å². The van der Waals surface area contributed by atoms with Gasteiger partial charge in [-0.15, -0.1) is 11.3 Å². The molecule has 0 atom stereocenters. The predicted molar refractivity (Wildman–Crippen MR) is 72.5 cm³/mol. The fourth-order valence-corrected chi connectivity index (χ4v) is 2.23. The largest absolute Gasteiger partial charge is 0.496 e. The standard InChI is InChI=1S/C13H14N2O2S/c1-8-4-5-10(6-11(8)17-3)12(16)15-13-14-9(2)7-18-13/h4-7H,1-3H3,(H,14,15,16). The van der Waals surface area contributed by atoms with Crippen molar-refractivity contribution in [2.45, 2.75) is 13.8 Å². The van der Waals surface area contributed by atoms with Gasteiger partial charge in [0.15, 0.2) is 5.13 Å². The molecular weight excluding hydrogens is 248 g/mol. The van der Waals surface area contributed by atoms with Crippen LogP contribution in [-0.2, 0) is 0 Å². The molecule has 0 aliphatic heterocycles. The summed E-state index contributed by atoms with van der Waals surface area (Å²) >= 11 is 1.41. The van der Waals surface area contributed by atoms with E-state index in [1.807, 2.05) is 25.3 Å². The lowest BCUT2D eigenvalue weighted by molar-refractivity contribution is 0.102. The van der Waals surface area contributed by atoms with E-state index in [1.165, 1.54) is 11.3 Å². The Balaban J connectivity index is 2.18. The molecule has 1 amide bonds. The van der Waals surface area contributed by atoms with E-state index in [0.717, 1.165) is 11.3 Å². The van der Waals surface area contributed by atoms with Crippen molar-refractivity contribution in [3.8, 4) is 5.75 Å². The number of thiazole rings is 1. The molecule has 0 radical (unpaired) electrons. The SMILES string of the molecule is COc1cc(C(=O)Nc2nc(C)cs2)ccc1C. The van der Waals surface area contributed by atoms with Crippen LogP contribution in [0.5, 0.6) is 5.75 Å². The molecule has 0 aliphatic carbocycles. The molecule has 1 aromatic heterocycles. The highest BCUT2D eigenvalue weighted by molar-refractivity contribution is 7.13. The Labute approximate surface area is 110 Å². The number of carbonyl (C=O) groups is 1. The van der Waals surface area contributed by atoms with Crippen LogP contribution in [-0.4, -0.2) is 18.0 Å². The molecule has 0 saturated carbocycles. The number of carbonyl (C=O) groups excluding carboxylic acids is 1. The number of benzene rings is 1. The van der Waals surface area contributed by atoms with Crippen LogP contribution < -0.4 is 10.1 Å². The van der Waals surface area contributed by atoms with Crippen LogP contribution in [0.25, 0.3) is 0 Å². The fraction of sp³-hybridized carbons (Fsp3) is 0.231. The minimum Gasteiger partial charge on any atom is -0.496 e. The highest BCUT2D eigenvalue weighted by Crippen LogP contribution is 2.21. The van der Waals surface area contributed by atoms with Gasteiger partial charge in [0.25, 0.3) is 5.91 Å². The molecule has 2 aromatic rings. The molecule has 5 heteroatoms. The summed E-state index contributed by atoms with van der Waals surface area (Å²) in [6.07, 6.45) is 0. The predicted octanol–water partition coefficient (Wildman–Crippen LogP) is 3.02. The van der Waals surface area contributed by atoms with Crippen molar-refractivity contribution in [1.82, 2.24) is 4.98 Å². The van der Waals surface area contributed by atoms with E-state index >= 15 is 0 Å². The van der Waals surface area contributed by atoms with Crippen molar-refractivity contribution in [2.75, 3.05) is 12.4 Å². The molecule has 1 heterocycles. The molecule has 0 bridgehead atoms. The summed E-state index contributed by atoms with van der Waals surface area (Å²) in [7, 11) is 1.59. The van der Waals surface area contributed by atoms with Crippen LogP contribution in [0.1, 0.15) is 21.6 Å². The van der Waals surface area contributed by atoms with Crippen molar-refractivity contribution >= 4 is 22.4 Å². The van der Waals surface area contributed by atoms with E-state index in [-0.39, 0.29) is 5.91 Å². The summed E-state index contributed by atoms with van der Waals surface area (Å²) in [5.41, 5.74) is 2.46. The molecule has 94 valence electrons. The van der Waals surface area contributed by atoms with Gasteiger partial charge in [0, 0.05) is 10.9 Å². The van der Waals surface area contributed by atoms with E-state index in [2.05, 4.69) is 10.3 Å². The van der Waals surface area contributed by atoms with Gasteiger partial charge in [-0.1, -0.05) is 6.07 Å². The van der Waals surface area contributed by atoms with Gasteiger partial charge >= 0.3 is 0 Å². The summed E-state index contributed by atoms with van der Waals surface area (Å²) in [4.78, 5) is 16.2. The Bertz CT molecular complexity index is 578. The van der Waals surface area contributed by atoms with Crippen LogP contribution in [0.2, 0.25) is 0 Å².